The molecule has 1 heterocycles. The van der Waals surface area contributed by atoms with E-state index in [1.807, 2.05) is 0 Å². The smallest absolute Gasteiger partial charge is 0.302 e. The number of fused-ring (bicyclic) bond motifs is 1. The van der Waals surface area contributed by atoms with Gasteiger partial charge in [-0.2, -0.15) is 0 Å². The highest BCUT2D eigenvalue weighted by atomic mass is 16.7. The van der Waals surface area contributed by atoms with Crippen LogP contribution in [-0.4, -0.2) is 45.2 Å². The number of methoxy groups -OCH3 is 1. The van der Waals surface area contributed by atoms with Crippen molar-refractivity contribution < 1.29 is 28.5 Å². The van der Waals surface area contributed by atoms with Crippen LogP contribution < -0.4 is 0 Å². The van der Waals surface area contributed by atoms with Crippen molar-refractivity contribution >= 4 is 11.9 Å². The van der Waals surface area contributed by atoms with Crippen molar-refractivity contribution in [2.24, 2.45) is 28.6 Å². The molecule has 0 aromatic carbocycles. The van der Waals surface area contributed by atoms with Gasteiger partial charge < -0.3 is 18.9 Å². The van der Waals surface area contributed by atoms with Crippen LogP contribution in [0.1, 0.15) is 72.6 Å². The van der Waals surface area contributed by atoms with Crippen molar-refractivity contribution in [2.45, 2.75) is 78.9 Å². The highest BCUT2D eigenvalue weighted by Crippen LogP contribution is 2.62. The van der Waals surface area contributed by atoms with Crippen LogP contribution in [0.2, 0.25) is 0 Å². The fourth-order valence-electron chi connectivity index (χ4n) is 6.40. The van der Waals surface area contributed by atoms with Gasteiger partial charge in [-0.25, -0.2) is 0 Å². The number of carbonyl (C=O) groups excluding carboxylic acids is 2. The van der Waals surface area contributed by atoms with Gasteiger partial charge in [0.2, 0.25) is 0 Å². The maximum atomic E-state index is 11.8. The Morgan fingerprint density at radius 2 is 1.94 bits per heavy atom. The molecule has 0 radical (unpaired) electrons. The van der Waals surface area contributed by atoms with E-state index < -0.39 is 0 Å². The van der Waals surface area contributed by atoms with Crippen LogP contribution in [-0.2, 0) is 28.5 Å². The summed E-state index contributed by atoms with van der Waals surface area (Å²) in [5.41, 5.74) is 1.02. The molecule has 0 aromatic heterocycles. The van der Waals surface area contributed by atoms with Gasteiger partial charge >= 0.3 is 11.9 Å². The molecule has 0 spiro atoms. The molecule has 0 unspecified atom stereocenters. The lowest BCUT2D eigenvalue weighted by molar-refractivity contribution is -0.154. The molecule has 6 atom stereocenters. The zero-order valence-corrected chi connectivity index (χ0v) is 19.9. The molecule has 1 saturated heterocycles. The minimum absolute atomic E-state index is 0.0717. The van der Waals surface area contributed by atoms with E-state index in [4.69, 9.17) is 18.9 Å². The van der Waals surface area contributed by atoms with Gasteiger partial charge in [0.1, 0.15) is 13.2 Å². The molecule has 2 aliphatic carbocycles. The number of allylic oxidation sites excluding steroid dienone is 1. The summed E-state index contributed by atoms with van der Waals surface area (Å²) in [5, 5.41) is 0. The minimum atomic E-state index is -0.272. The molecule has 1 aliphatic heterocycles. The molecule has 6 nitrogen and oxygen atoms in total. The van der Waals surface area contributed by atoms with E-state index in [-0.39, 0.29) is 29.1 Å². The molecule has 3 aliphatic rings. The summed E-state index contributed by atoms with van der Waals surface area (Å²) in [5.74, 6) is 0.972. The number of hydrogen-bond donors (Lipinski definition) is 0. The third kappa shape index (κ3) is 5.16. The van der Waals surface area contributed by atoms with Gasteiger partial charge in [-0.1, -0.05) is 19.9 Å². The molecule has 0 amide bonds. The third-order valence-corrected chi connectivity index (χ3v) is 8.46. The monoisotopic (exact) mass is 436 g/mol. The van der Waals surface area contributed by atoms with Crippen molar-refractivity contribution in [1.82, 2.24) is 0 Å². The molecule has 6 heteroatoms. The van der Waals surface area contributed by atoms with Gasteiger partial charge in [-0.3, -0.25) is 9.59 Å². The lowest BCUT2D eigenvalue weighted by atomic mass is 9.46. The first-order valence-corrected chi connectivity index (χ1v) is 11.8. The van der Waals surface area contributed by atoms with Crippen LogP contribution in [0.3, 0.4) is 0 Å². The predicted molar refractivity (Wildman–Crippen MR) is 117 cm³/mol. The maximum Gasteiger partial charge on any atom is 0.302 e. The molecule has 2 fully saturated rings. The summed E-state index contributed by atoms with van der Waals surface area (Å²) in [6, 6.07) is 0. The van der Waals surface area contributed by atoms with E-state index in [0.717, 1.165) is 57.1 Å². The molecular formula is C25H40O6. The van der Waals surface area contributed by atoms with Crippen molar-refractivity contribution in [3.8, 4) is 0 Å². The first kappa shape index (κ1) is 24.2. The summed E-state index contributed by atoms with van der Waals surface area (Å²) < 4.78 is 22.2. The van der Waals surface area contributed by atoms with Crippen LogP contribution in [0.25, 0.3) is 0 Å². The SMILES string of the molecule is CO[C@H]1C[C@@H](CC[C@@]2(C)[C@H](C)CC[C@@]3(COC(C)=O)C(COC(C)=O)=CCC[C@@H]32)CO1. The summed E-state index contributed by atoms with van der Waals surface area (Å²) in [6.45, 7) is 9.17. The van der Waals surface area contributed by atoms with Crippen LogP contribution in [0.15, 0.2) is 11.6 Å². The number of esters is 2. The Bertz CT molecular complexity index is 687. The topological polar surface area (TPSA) is 71.1 Å². The Labute approximate surface area is 187 Å². The Balaban J connectivity index is 1.84. The Kier molecular flexibility index (Phi) is 7.85. The Morgan fingerprint density at radius 3 is 2.58 bits per heavy atom. The van der Waals surface area contributed by atoms with Crippen molar-refractivity contribution in [3.63, 3.8) is 0 Å². The molecule has 0 N–H and O–H groups in total. The molecule has 176 valence electrons. The van der Waals surface area contributed by atoms with E-state index in [9.17, 15) is 9.59 Å². The zero-order valence-electron chi connectivity index (χ0n) is 19.9. The molecule has 1 saturated carbocycles. The van der Waals surface area contributed by atoms with E-state index in [2.05, 4.69) is 19.9 Å². The largest absolute Gasteiger partial charge is 0.465 e. The van der Waals surface area contributed by atoms with Gasteiger partial charge in [0.15, 0.2) is 6.29 Å². The fraction of sp³-hybridized carbons (Fsp3) is 0.840. The van der Waals surface area contributed by atoms with Gasteiger partial charge in [0.05, 0.1) is 6.61 Å². The average Bonchev–Trinajstić information content (AvgIpc) is 3.20. The quantitative estimate of drug-likeness (QED) is 0.407. The second-order valence-electron chi connectivity index (χ2n) is 10.2. The number of rotatable bonds is 8. The number of hydrogen-bond acceptors (Lipinski definition) is 6. The lowest BCUT2D eigenvalue weighted by Crippen LogP contribution is -2.54. The molecule has 0 bridgehead atoms. The van der Waals surface area contributed by atoms with Crippen LogP contribution in [0.4, 0.5) is 0 Å². The molecule has 3 rings (SSSR count). The Hall–Kier alpha value is -1.40. The van der Waals surface area contributed by atoms with Gasteiger partial charge in [0.25, 0.3) is 0 Å². The molecule has 31 heavy (non-hydrogen) atoms. The highest BCUT2D eigenvalue weighted by molar-refractivity contribution is 5.66. The average molecular weight is 437 g/mol. The second kappa shape index (κ2) is 10.0. The summed E-state index contributed by atoms with van der Waals surface area (Å²) in [7, 11) is 1.71. The molecular weight excluding hydrogens is 396 g/mol. The van der Waals surface area contributed by atoms with E-state index in [0.29, 0.717) is 31.0 Å². The first-order valence-electron chi connectivity index (χ1n) is 11.8. The summed E-state index contributed by atoms with van der Waals surface area (Å²) >= 11 is 0. The van der Waals surface area contributed by atoms with Crippen LogP contribution in [0, 0.1) is 28.6 Å². The van der Waals surface area contributed by atoms with Gasteiger partial charge in [-0.05, 0) is 67.3 Å². The molecule has 0 aromatic rings. The normalized spacial score (nSPS) is 37.6. The van der Waals surface area contributed by atoms with E-state index in [1.54, 1.807) is 7.11 Å². The summed E-state index contributed by atoms with van der Waals surface area (Å²) in [4.78, 5) is 23.3. The van der Waals surface area contributed by atoms with Crippen LogP contribution in [0.5, 0.6) is 0 Å². The zero-order chi connectivity index (χ0) is 22.6. The van der Waals surface area contributed by atoms with Gasteiger partial charge in [0, 0.05) is 32.8 Å². The van der Waals surface area contributed by atoms with Gasteiger partial charge in [-0.15, -0.1) is 0 Å². The van der Waals surface area contributed by atoms with Crippen LogP contribution >= 0.6 is 0 Å². The number of carbonyl (C=O) groups is 2. The second-order valence-corrected chi connectivity index (χ2v) is 10.2. The maximum absolute atomic E-state index is 11.8. The number of ether oxygens (including phenoxy) is 4. The van der Waals surface area contributed by atoms with Crippen molar-refractivity contribution in [1.29, 1.82) is 0 Å². The summed E-state index contributed by atoms with van der Waals surface area (Å²) in [6.07, 6.45) is 9.45. The van der Waals surface area contributed by atoms with E-state index >= 15 is 0 Å². The minimum Gasteiger partial charge on any atom is -0.465 e. The fourth-order valence-corrected chi connectivity index (χ4v) is 6.40. The Morgan fingerprint density at radius 1 is 1.19 bits per heavy atom. The van der Waals surface area contributed by atoms with E-state index in [1.165, 1.54) is 13.8 Å². The highest BCUT2D eigenvalue weighted by Gasteiger charge is 2.57. The predicted octanol–water partition coefficient (Wildman–Crippen LogP) is 4.66. The lowest BCUT2D eigenvalue weighted by Gasteiger charge is -2.59. The van der Waals surface area contributed by atoms with Crippen molar-refractivity contribution in [2.75, 3.05) is 26.9 Å². The standard InChI is InChI=1S/C25H40O6/c1-17-9-12-25(16-31-19(3)27)21(15-29-18(2)26)7-6-8-22(25)24(17,4)11-10-20-13-23(28-5)30-14-20/h7,17,20,22-23H,6,8-16H2,1-5H3/t17-,20-,22-,23-,24+,25-/m1/s1. The first-order chi connectivity index (χ1) is 14.7. The van der Waals surface area contributed by atoms with Crippen molar-refractivity contribution in [3.05, 3.63) is 11.6 Å². The third-order valence-electron chi connectivity index (χ3n) is 8.46.